The van der Waals surface area contributed by atoms with Crippen LogP contribution in [0.15, 0.2) is 30.5 Å². The van der Waals surface area contributed by atoms with E-state index >= 15 is 0 Å². The number of H-pyrrole nitrogens is 1. The summed E-state index contributed by atoms with van der Waals surface area (Å²) in [6.07, 6.45) is 2.65. The number of para-hydroxylation sites is 1. The van der Waals surface area contributed by atoms with Crippen LogP contribution in [0.25, 0.3) is 10.9 Å². The van der Waals surface area contributed by atoms with Crippen LogP contribution in [0.5, 0.6) is 0 Å². The molecule has 1 aliphatic heterocycles. The summed E-state index contributed by atoms with van der Waals surface area (Å²) < 4.78 is 0. The van der Waals surface area contributed by atoms with Gasteiger partial charge in [-0.1, -0.05) is 18.2 Å². The van der Waals surface area contributed by atoms with Gasteiger partial charge in [-0.2, -0.15) is 0 Å². The van der Waals surface area contributed by atoms with Gasteiger partial charge >= 0.3 is 0 Å². The Morgan fingerprint density at radius 3 is 2.86 bits per heavy atom. The Balaban J connectivity index is 1.51. The number of hydrogen-bond acceptors (Lipinski definition) is 5. The standard InChI is InChI=1S/C20H28N6OS/c1-13(10-15-11-23-17-7-5-4-6-16(15)17)24-19(27)18(21)28-20(22)26-9-8-25(3)14(2)12-26/h4-7,11,13-14,21-23H,8-10,12H2,1-3H3,(H,24,27)/t13?,14-/m1/s1. The Kier molecular flexibility index (Phi) is 6.41. The normalized spacial score (nSPS) is 18.8. The second-order valence-corrected chi connectivity index (χ2v) is 8.45. The number of amidine groups is 1. The van der Waals surface area contributed by atoms with E-state index in [-0.39, 0.29) is 16.3 Å². The Hall–Kier alpha value is -2.32. The molecule has 4 N–H and O–H groups in total. The highest BCUT2D eigenvalue weighted by atomic mass is 32.2. The number of carbonyl (C=O) groups excluding carboxylic acids is 1. The topological polar surface area (TPSA) is 99.1 Å². The van der Waals surface area contributed by atoms with Crippen LogP contribution in [0.1, 0.15) is 19.4 Å². The molecule has 1 aromatic heterocycles. The Labute approximate surface area is 169 Å². The second kappa shape index (κ2) is 8.79. The van der Waals surface area contributed by atoms with E-state index in [2.05, 4.69) is 35.2 Å². The molecule has 3 rings (SSSR count). The summed E-state index contributed by atoms with van der Waals surface area (Å²) in [5, 5.41) is 20.5. The first-order valence-corrected chi connectivity index (χ1v) is 10.3. The molecule has 2 aromatic rings. The van der Waals surface area contributed by atoms with Gasteiger partial charge < -0.3 is 20.1 Å². The smallest absolute Gasteiger partial charge is 0.276 e. The fourth-order valence-electron chi connectivity index (χ4n) is 3.41. The summed E-state index contributed by atoms with van der Waals surface area (Å²) in [5.41, 5.74) is 2.22. The number of aromatic nitrogens is 1. The number of rotatable bonds is 3. The predicted molar refractivity (Wildman–Crippen MR) is 116 cm³/mol. The summed E-state index contributed by atoms with van der Waals surface area (Å²) in [4.78, 5) is 19.8. The van der Waals surface area contributed by atoms with Gasteiger partial charge in [-0.05, 0) is 50.7 Å². The fraction of sp³-hybridized carbons (Fsp3) is 0.450. The number of piperazine rings is 1. The summed E-state index contributed by atoms with van der Waals surface area (Å²) >= 11 is 0.926. The van der Waals surface area contributed by atoms with Crippen molar-refractivity contribution in [1.82, 2.24) is 20.1 Å². The van der Waals surface area contributed by atoms with Crippen LogP contribution in [0.3, 0.4) is 0 Å². The number of aromatic amines is 1. The van der Waals surface area contributed by atoms with Crippen molar-refractivity contribution in [3.05, 3.63) is 36.0 Å². The van der Waals surface area contributed by atoms with Gasteiger partial charge in [0.25, 0.3) is 5.91 Å². The molecule has 1 fully saturated rings. The number of thioether (sulfide) groups is 1. The Morgan fingerprint density at radius 2 is 2.11 bits per heavy atom. The minimum absolute atomic E-state index is 0.106. The number of benzene rings is 1. The summed E-state index contributed by atoms with van der Waals surface area (Å²) in [6.45, 7) is 6.43. The minimum atomic E-state index is -0.427. The van der Waals surface area contributed by atoms with Crippen LogP contribution in [0.4, 0.5) is 0 Å². The first-order valence-electron chi connectivity index (χ1n) is 9.51. The van der Waals surface area contributed by atoms with E-state index in [0.29, 0.717) is 12.5 Å². The van der Waals surface area contributed by atoms with Crippen molar-refractivity contribution >= 4 is 38.8 Å². The molecule has 1 aromatic carbocycles. The lowest BCUT2D eigenvalue weighted by Gasteiger charge is -2.38. The molecule has 150 valence electrons. The highest BCUT2D eigenvalue weighted by Crippen LogP contribution is 2.19. The SMILES string of the molecule is CC(Cc1c[nH]c2ccccc12)NC(=O)C(=N)SC(=N)N1CCN(C)[C@H](C)C1. The van der Waals surface area contributed by atoms with Gasteiger partial charge in [0.15, 0.2) is 10.2 Å². The quantitative estimate of drug-likeness (QED) is 0.470. The lowest BCUT2D eigenvalue weighted by molar-refractivity contribution is -0.115. The van der Waals surface area contributed by atoms with E-state index in [1.54, 1.807) is 0 Å². The van der Waals surface area contributed by atoms with E-state index in [4.69, 9.17) is 10.8 Å². The third-order valence-electron chi connectivity index (χ3n) is 5.23. The summed E-state index contributed by atoms with van der Waals surface area (Å²) in [5.74, 6) is -0.427. The largest absolute Gasteiger partial charge is 0.361 e. The maximum Gasteiger partial charge on any atom is 0.276 e. The van der Waals surface area contributed by atoms with Crippen LogP contribution in [-0.2, 0) is 11.2 Å². The van der Waals surface area contributed by atoms with Gasteiger partial charge in [-0.25, -0.2) is 0 Å². The maximum atomic E-state index is 12.4. The van der Waals surface area contributed by atoms with Gasteiger partial charge in [0.2, 0.25) is 0 Å². The van der Waals surface area contributed by atoms with Crippen molar-refractivity contribution < 1.29 is 4.79 Å². The van der Waals surface area contributed by atoms with E-state index in [1.165, 1.54) is 0 Å². The summed E-state index contributed by atoms with van der Waals surface area (Å²) in [6, 6.07) is 8.33. The number of likely N-dealkylation sites (N-methyl/N-ethyl adjacent to an activating group) is 1. The molecule has 0 bridgehead atoms. The zero-order chi connectivity index (χ0) is 20.3. The van der Waals surface area contributed by atoms with E-state index in [9.17, 15) is 4.79 Å². The zero-order valence-corrected chi connectivity index (χ0v) is 17.4. The molecule has 1 unspecified atom stereocenters. The molecular formula is C20H28N6OS. The van der Waals surface area contributed by atoms with Crippen molar-refractivity contribution in [3.8, 4) is 0 Å². The predicted octanol–water partition coefficient (Wildman–Crippen LogP) is 2.50. The third kappa shape index (κ3) is 4.74. The lowest BCUT2D eigenvalue weighted by atomic mass is 10.1. The number of carbonyl (C=O) groups is 1. The average Bonchev–Trinajstić information content (AvgIpc) is 3.06. The molecule has 0 aliphatic carbocycles. The molecular weight excluding hydrogens is 372 g/mol. The van der Waals surface area contributed by atoms with Crippen molar-refractivity contribution in [1.29, 1.82) is 10.8 Å². The molecule has 8 heteroatoms. The van der Waals surface area contributed by atoms with Crippen LogP contribution >= 0.6 is 11.8 Å². The van der Waals surface area contributed by atoms with Crippen LogP contribution in [-0.4, -0.2) is 69.7 Å². The first-order chi connectivity index (χ1) is 13.3. The first kappa shape index (κ1) is 20.4. The molecule has 1 aliphatic rings. The van der Waals surface area contributed by atoms with Gasteiger partial charge in [0.05, 0.1) is 0 Å². The van der Waals surface area contributed by atoms with Gasteiger partial charge in [0.1, 0.15) is 0 Å². The van der Waals surface area contributed by atoms with Crippen molar-refractivity contribution in [2.75, 3.05) is 26.7 Å². The van der Waals surface area contributed by atoms with Crippen LogP contribution < -0.4 is 5.32 Å². The number of hydrogen-bond donors (Lipinski definition) is 4. The van der Waals surface area contributed by atoms with Crippen LogP contribution in [0, 0.1) is 10.8 Å². The van der Waals surface area contributed by atoms with Crippen molar-refractivity contribution in [3.63, 3.8) is 0 Å². The summed E-state index contributed by atoms with van der Waals surface area (Å²) in [7, 11) is 2.07. The van der Waals surface area contributed by atoms with E-state index < -0.39 is 5.91 Å². The number of fused-ring (bicyclic) bond motifs is 1. The number of nitrogens with zero attached hydrogens (tertiary/aromatic N) is 2. The van der Waals surface area contributed by atoms with Gasteiger partial charge in [-0.3, -0.25) is 15.6 Å². The third-order valence-corrected chi connectivity index (χ3v) is 6.07. The molecule has 1 amide bonds. The monoisotopic (exact) mass is 400 g/mol. The second-order valence-electron chi connectivity index (χ2n) is 7.45. The van der Waals surface area contributed by atoms with Crippen molar-refractivity contribution in [2.24, 2.45) is 0 Å². The Bertz CT molecular complexity index is 878. The average molecular weight is 401 g/mol. The molecule has 2 atom stereocenters. The maximum absolute atomic E-state index is 12.4. The van der Waals surface area contributed by atoms with Gasteiger partial charge in [-0.15, -0.1) is 0 Å². The molecule has 1 saturated heterocycles. The lowest BCUT2D eigenvalue weighted by Crippen LogP contribution is -2.51. The zero-order valence-electron chi connectivity index (χ0n) is 16.6. The van der Waals surface area contributed by atoms with Crippen molar-refractivity contribution in [2.45, 2.75) is 32.4 Å². The highest BCUT2D eigenvalue weighted by molar-refractivity contribution is 8.27. The molecule has 0 spiro atoms. The molecule has 2 heterocycles. The molecule has 28 heavy (non-hydrogen) atoms. The Morgan fingerprint density at radius 1 is 1.36 bits per heavy atom. The molecule has 7 nitrogen and oxygen atoms in total. The molecule has 0 radical (unpaired) electrons. The molecule has 0 saturated carbocycles. The van der Waals surface area contributed by atoms with Gasteiger partial charge in [0, 0.05) is 48.8 Å². The number of nitrogens with one attached hydrogen (secondary N) is 4. The van der Waals surface area contributed by atoms with E-state index in [0.717, 1.165) is 47.9 Å². The van der Waals surface area contributed by atoms with E-state index in [1.807, 2.05) is 36.2 Å². The number of amides is 1. The fourth-order valence-corrected chi connectivity index (χ4v) is 4.05. The van der Waals surface area contributed by atoms with Crippen LogP contribution in [0.2, 0.25) is 0 Å². The highest BCUT2D eigenvalue weighted by Gasteiger charge is 2.25. The minimum Gasteiger partial charge on any atom is -0.361 e.